The van der Waals surface area contributed by atoms with Crippen LogP contribution in [0.3, 0.4) is 0 Å². The summed E-state index contributed by atoms with van der Waals surface area (Å²) in [5.74, 6) is 0.835. The maximum Gasteiger partial charge on any atom is 0.490 e. The first-order valence-corrected chi connectivity index (χ1v) is 17.4. The number of aliphatic imine (C=N–C) groups is 1. The second kappa shape index (κ2) is 14.1. The smallest absolute Gasteiger partial charge is 0.490 e. The van der Waals surface area contributed by atoms with Crippen LogP contribution in [0.4, 0.5) is 14.6 Å². The Kier molecular flexibility index (Phi) is 10.9. The number of nitrogens with two attached hydrogens (primary N) is 1. The minimum absolute atomic E-state index is 0.0311. The number of anilines is 1. The monoisotopic (exact) mass is 741 g/mol. The SMILES string of the molecule is CC1=N/C(=C\c2cc(F)c(O)c(F)c2)C(=O)N1CC#Cc1cn([C@H]2C[C@H](O)[C@@H](COP(=O)(O)OP(=O)(O)OP(=O)(O)O)O2)c(=O)nc1N. The van der Waals surface area contributed by atoms with Crippen molar-refractivity contribution in [1.29, 1.82) is 0 Å². The molecule has 5 atom stereocenters. The number of phenols is 1. The number of halogens is 2. The number of phosphoric acid groups is 3. The lowest BCUT2D eigenvalue weighted by atomic mass is 10.1. The third-order valence-electron chi connectivity index (χ3n) is 6.25. The molecule has 0 aliphatic carbocycles. The Morgan fingerprint density at radius 3 is 2.40 bits per heavy atom. The fourth-order valence-electron chi connectivity index (χ4n) is 4.18. The van der Waals surface area contributed by atoms with Crippen molar-refractivity contribution < 1.29 is 74.9 Å². The Morgan fingerprint density at radius 2 is 1.77 bits per heavy atom. The summed E-state index contributed by atoms with van der Waals surface area (Å²) in [4.78, 5) is 70.3. The number of hydrogen-bond donors (Lipinski definition) is 7. The van der Waals surface area contributed by atoms with Crippen LogP contribution < -0.4 is 11.4 Å². The molecule has 3 heterocycles. The Hall–Kier alpha value is -3.67. The van der Waals surface area contributed by atoms with E-state index < -0.39 is 77.5 Å². The minimum Gasteiger partial charge on any atom is -0.503 e. The lowest BCUT2D eigenvalue weighted by molar-refractivity contribution is -0.122. The number of amidine groups is 1. The molecule has 1 aromatic carbocycles. The Morgan fingerprint density at radius 1 is 1.12 bits per heavy atom. The predicted octanol–water partition coefficient (Wildman–Crippen LogP) is 0.454. The van der Waals surface area contributed by atoms with Crippen molar-refractivity contribution in [3.8, 4) is 17.6 Å². The molecule has 2 aliphatic heterocycles. The van der Waals surface area contributed by atoms with E-state index in [4.69, 9.17) is 20.3 Å². The molecule has 1 saturated heterocycles. The van der Waals surface area contributed by atoms with E-state index in [2.05, 4.69) is 35.0 Å². The van der Waals surface area contributed by atoms with Crippen LogP contribution in [0.25, 0.3) is 6.08 Å². The van der Waals surface area contributed by atoms with Crippen molar-refractivity contribution in [3.05, 3.63) is 57.3 Å². The molecular weight excluding hydrogens is 717 g/mol. The van der Waals surface area contributed by atoms with Crippen LogP contribution in [0.15, 0.2) is 33.8 Å². The number of phenolic OH excluding ortho intramolecular Hbond substituents is 1. The third kappa shape index (κ3) is 9.27. The maximum atomic E-state index is 13.7. The zero-order valence-electron chi connectivity index (χ0n) is 24.0. The van der Waals surface area contributed by atoms with Gasteiger partial charge in [0, 0.05) is 12.6 Å². The summed E-state index contributed by atoms with van der Waals surface area (Å²) in [7, 11) is -16.9. The van der Waals surface area contributed by atoms with E-state index in [0.29, 0.717) is 0 Å². The van der Waals surface area contributed by atoms with E-state index in [1.165, 1.54) is 6.92 Å². The molecule has 0 saturated carbocycles. The Labute approximate surface area is 267 Å². The number of nitrogens with zero attached hydrogens (tertiary/aromatic N) is 4. The number of benzene rings is 1. The second-order valence-electron chi connectivity index (χ2n) is 9.76. The highest BCUT2D eigenvalue weighted by Gasteiger charge is 2.43. The van der Waals surface area contributed by atoms with Crippen molar-refractivity contribution in [2.75, 3.05) is 18.9 Å². The standard InChI is InChI=1S/C23H24F2N5O15P3/c1-11-27-16(7-12-5-14(24)20(32)15(25)6-12)22(33)29(11)4-2-3-13-9-30(23(34)28-21(13)26)19-8-17(31)18(43-19)10-42-47(38,39)45-48(40,41)44-46(35,36)37/h5-7,9,17-19,31-32H,4,8,10H2,1H3,(H,38,39)(H,40,41)(H2,26,28,34)(H2,35,36,37)/b16-7-/t17-,18+,19+/m0/s1. The summed E-state index contributed by atoms with van der Waals surface area (Å²) in [6, 6.07) is 1.62. The van der Waals surface area contributed by atoms with E-state index in [-0.39, 0.29) is 41.4 Å². The summed E-state index contributed by atoms with van der Waals surface area (Å²) in [6.45, 7) is 0.227. The molecule has 2 aromatic rings. The van der Waals surface area contributed by atoms with Crippen LogP contribution >= 0.6 is 23.5 Å². The van der Waals surface area contributed by atoms with Gasteiger partial charge in [-0.05, 0) is 30.7 Å². The number of carbonyl (C=O) groups excluding carboxylic acids is 1. The first-order valence-electron chi connectivity index (χ1n) is 12.9. The highest BCUT2D eigenvalue weighted by Crippen LogP contribution is 2.66. The first kappa shape index (κ1) is 37.2. The molecule has 8 N–H and O–H groups in total. The topological polar surface area (TPSA) is 303 Å². The maximum absolute atomic E-state index is 13.7. The number of aromatic nitrogens is 2. The van der Waals surface area contributed by atoms with Gasteiger partial charge in [0.1, 0.15) is 29.7 Å². The minimum atomic E-state index is -5.78. The van der Waals surface area contributed by atoms with Crippen molar-refractivity contribution in [1.82, 2.24) is 14.5 Å². The van der Waals surface area contributed by atoms with Gasteiger partial charge in [-0.1, -0.05) is 11.8 Å². The Balaban J connectivity index is 1.43. The first-order chi connectivity index (χ1) is 22.1. The largest absolute Gasteiger partial charge is 0.503 e. The number of amides is 1. The van der Waals surface area contributed by atoms with Gasteiger partial charge in [0.05, 0.1) is 24.8 Å². The number of ether oxygens (including phenoxy) is 1. The molecule has 0 radical (unpaired) electrons. The van der Waals surface area contributed by atoms with Crippen LogP contribution in [0.5, 0.6) is 5.75 Å². The number of aliphatic hydroxyl groups is 1. The number of hydrogen-bond acceptors (Lipinski definition) is 14. The summed E-state index contributed by atoms with van der Waals surface area (Å²) in [6.07, 6.45) is -2.26. The molecule has 260 valence electrons. The quantitative estimate of drug-likeness (QED) is 0.0988. The molecule has 0 spiro atoms. The van der Waals surface area contributed by atoms with Crippen LogP contribution in [-0.4, -0.2) is 81.3 Å². The lowest BCUT2D eigenvalue weighted by Crippen LogP contribution is -2.31. The number of rotatable bonds is 10. The number of carbonyl (C=O) groups is 1. The molecule has 0 bridgehead atoms. The van der Waals surface area contributed by atoms with E-state index in [1.807, 2.05) is 0 Å². The van der Waals surface area contributed by atoms with Gasteiger partial charge in [-0.25, -0.2) is 32.3 Å². The molecule has 48 heavy (non-hydrogen) atoms. The molecule has 4 rings (SSSR count). The molecule has 1 aromatic heterocycles. The summed E-state index contributed by atoms with van der Waals surface area (Å²) in [5, 5.41) is 19.6. The highest BCUT2D eigenvalue weighted by molar-refractivity contribution is 7.66. The average Bonchev–Trinajstić information content (AvgIpc) is 3.43. The number of phosphoric ester groups is 1. The zero-order valence-corrected chi connectivity index (χ0v) is 26.7. The zero-order chi connectivity index (χ0) is 35.8. The summed E-state index contributed by atoms with van der Waals surface area (Å²) in [5.41, 5.74) is 4.57. The lowest BCUT2D eigenvalue weighted by Gasteiger charge is -2.19. The van der Waals surface area contributed by atoms with Gasteiger partial charge >= 0.3 is 29.2 Å². The third-order valence-corrected chi connectivity index (χ3v) is 10.1. The summed E-state index contributed by atoms with van der Waals surface area (Å²) < 4.78 is 79.6. The van der Waals surface area contributed by atoms with E-state index >= 15 is 0 Å². The molecule has 1 amide bonds. The fraction of sp³-hybridized carbons (Fsp3) is 0.304. The van der Waals surface area contributed by atoms with E-state index in [1.54, 1.807) is 0 Å². The van der Waals surface area contributed by atoms with Crippen LogP contribution in [-0.2, 0) is 36.4 Å². The van der Waals surface area contributed by atoms with Crippen LogP contribution in [0, 0.1) is 23.5 Å². The molecule has 25 heteroatoms. The van der Waals surface area contributed by atoms with Gasteiger partial charge in [-0.2, -0.15) is 13.6 Å². The molecule has 20 nitrogen and oxygen atoms in total. The number of aliphatic hydroxyl groups excluding tert-OH is 1. The fourth-order valence-corrected chi connectivity index (χ4v) is 7.21. The second-order valence-corrected chi connectivity index (χ2v) is 14.2. The van der Waals surface area contributed by atoms with Gasteiger partial charge < -0.3 is 40.3 Å². The normalized spacial score (nSPS) is 23.0. The summed E-state index contributed by atoms with van der Waals surface area (Å²) >= 11 is 0. The van der Waals surface area contributed by atoms with Crippen molar-refractivity contribution in [3.63, 3.8) is 0 Å². The molecule has 2 unspecified atom stereocenters. The van der Waals surface area contributed by atoms with Gasteiger partial charge in [-0.15, -0.1) is 0 Å². The van der Waals surface area contributed by atoms with Gasteiger partial charge in [0.2, 0.25) is 0 Å². The van der Waals surface area contributed by atoms with Crippen molar-refractivity contribution in [2.45, 2.75) is 31.8 Å². The van der Waals surface area contributed by atoms with Crippen LogP contribution in [0.1, 0.15) is 30.7 Å². The van der Waals surface area contributed by atoms with Gasteiger partial charge in [0.25, 0.3) is 5.91 Å². The molecular formula is C23H24F2N5O15P3. The van der Waals surface area contributed by atoms with Gasteiger partial charge in [0.15, 0.2) is 17.4 Å². The van der Waals surface area contributed by atoms with Crippen molar-refractivity contribution >= 4 is 47.1 Å². The molecule has 1 fully saturated rings. The average molecular weight is 741 g/mol. The Bertz CT molecular complexity index is 1950. The van der Waals surface area contributed by atoms with Crippen LogP contribution in [0.2, 0.25) is 0 Å². The van der Waals surface area contributed by atoms with Crippen molar-refractivity contribution in [2.24, 2.45) is 4.99 Å². The number of nitrogen functional groups attached to an aromatic ring is 1. The molecule has 2 aliphatic rings. The van der Waals surface area contributed by atoms with E-state index in [9.17, 15) is 52.1 Å². The highest BCUT2D eigenvalue weighted by atomic mass is 31.3. The predicted molar refractivity (Wildman–Crippen MR) is 155 cm³/mol. The van der Waals surface area contributed by atoms with Gasteiger partial charge in [-0.3, -0.25) is 18.8 Å². The van der Waals surface area contributed by atoms with E-state index in [0.717, 1.165) is 33.9 Å². The number of aromatic hydroxyl groups is 1.